The third-order valence-electron chi connectivity index (χ3n) is 3.17. The maximum Gasteiger partial charge on any atom is 0.235 e. The second-order valence-corrected chi connectivity index (χ2v) is 5.32. The van der Waals surface area contributed by atoms with E-state index in [2.05, 4.69) is 10.1 Å². The molecule has 2 N–H and O–H groups in total. The molecule has 0 amide bonds. The summed E-state index contributed by atoms with van der Waals surface area (Å²) in [6.45, 7) is 0.0233. The highest BCUT2D eigenvalue weighted by Gasteiger charge is 2.07. The highest BCUT2D eigenvalue weighted by molar-refractivity contribution is 6.30. The summed E-state index contributed by atoms with van der Waals surface area (Å²) in [5.74, 6) is 0.748. The first kappa shape index (κ1) is 16.0. The Kier molecular flexibility index (Phi) is 4.77. The van der Waals surface area contributed by atoms with Crippen LogP contribution in [0.1, 0.15) is 11.5 Å². The minimum absolute atomic E-state index is 0.0233. The molecular weight excluding hydrogens is 333 g/mol. The zero-order valence-corrected chi connectivity index (χ0v) is 13.2. The second kappa shape index (κ2) is 7.14. The Morgan fingerprint density at radius 3 is 2.58 bits per heavy atom. The number of hydrogen-bond donors (Lipinski definition) is 1. The molecule has 24 heavy (non-hydrogen) atoms. The Labute approximate surface area is 142 Å². The van der Waals surface area contributed by atoms with Crippen molar-refractivity contribution in [3.8, 4) is 11.3 Å². The number of oxazole rings is 1. The van der Waals surface area contributed by atoms with Gasteiger partial charge in [0.25, 0.3) is 0 Å². The molecule has 0 saturated heterocycles. The standard InChI is InChI=1S/C17H13ClFN3O2/c18-13-5-1-11(2-6-13)15-9-21-16(24-15)10-23-22-17(20)12-3-7-14(19)8-4-12/h1-9H,10H2,(H2,20,22). The summed E-state index contributed by atoms with van der Waals surface area (Å²) in [6.07, 6.45) is 1.59. The van der Waals surface area contributed by atoms with Crippen molar-refractivity contribution in [2.45, 2.75) is 6.61 Å². The van der Waals surface area contributed by atoms with E-state index in [9.17, 15) is 4.39 Å². The van der Waals surface area contributed by atoms with Gasteiger partial charge >= 0.3 is 0 Å². The van der Waals surface area contributed by atoms with Crippen molar-refractivity contribution < 1.29 is 13.6 Å². The lowest BCUT2D eigenvalue weighted by Crippen LogP contribution is -2.13. The highest BCUT2D eigenvalue weighted by Crippen LogP contribution is 2.22. The molecular formula is C17H13ClFN3O2. The van der Waals surface area contributed by atoms with Gasteiger partial charge in [-0.05, 0) is 48.5 Å². The van der Waals surface area contributed by atoms with Crippen LogP contribution in [0.2, 0.25) is 5.02 Å². The van der Waals surface area contributed by atoms with Gasteiger partial charge < -0.3 is 15.0 Å². The predicted octanol–water partition coefficient (Wildman–Crippen LogP) is 3.97. The molecule has 0 radical (unpaired) electrons. The van der Waals surface area contributed by atoms with Gasteiger partial charge in [0.15, 0.2) is 18.2 Å². The van der Waals surface area contributed by atoms with Crippen LogP contribution in [0, 0.1) is 5.82 Å². The molecule has 5 nitrogen and oxygen atoms in total. The molecule has 2 aromatic carbocycles. The molecule has 0 unspecified atom stereocenters. The molecule has 3 aromatic rings. The summed E-state index contributed by atoms with van der Waals surface area (Å²) in [4.78, 5) is 9.24. The molecule has 3 rings (SSSR count). The molecule has 0 aliphatic heterocycles. The van der Waals surface area contributed by atoms with Crippen molar-refractivity contribution in [3.05, 3.63) is 77.0 Å². The van der Waals surface area contributed by atoms with Crippen LogP contribution in [0.4, 0.5) is 4.39 Å². The molecule has 1 heterocycles. The fourth-order valence-electron chi connectivity index (χ4n) is 1.95. The number of rotatable bonds is 5. The molecule has 1 aromatic heterocycles. The third-order valence-corrected chi connectivity index (χ3v) is 3.43. The fourth-order valence-corrected chi connectivity index (χ4v) is 2.08. The Morgan fingerprint density at radius 2 is 1.88 bits per heavy atom. The number of aromatic nitrogens is 1. The Balaban J connectivity index is 1.62. The van der Waals surface area contributed by atoms with Gasteiger partial charge in [-0.25, -0.2) is 9.37 Å². The van der Waals surface area contributed by atoms with Crippen LogP contribution in [0.5, 0.6) is 0 Å². The monoisotopic (exact) mass is 345 g/mol. The van der Waals surface area contributed by atoms with E-state index < -0.39 is 0 Å². The van der Waals surface area contributed by atoms with Gasteiger partial charge in [0.05, 0.1) is 6.20 Å². The highest BCUT2D eigenvalue weighted by atomic mass is 35.5. The smallest absolute Gasteiger partial charge is 0.235 e. The van der Waals surface area contributed by atoms with Gasteiger partial charge in [0.1, 0.15) is 5.82 Å². The van der Waals surface area contributed by atoms with E-state index >= 15 is 0 Å². The van der Waals surface area contributed by atoms with Gasteiger partial charge in [0.2, 0.25) is 5.89 Å². The SMILES string of the molecule is N/C(=N\OCc1ncc(-c2ccc(Cl)cc2)o1)c1ccc(F)cc1. The maximum absolute atomic E-state index is 12.8. The number of nitrogens with zero attached hydrogens (tertiary/aromatic N) is 2. The van der Waals surface area contributed by atoms with Crippen LogP contribution in [0.25, 0.3) is 11.3 Å². The van der Waals surface area contributed by atoms with Gasteiger partial charge in [0, 0.05) is 16.1 Å². The summed E-state index contributed by atoms with van der Waals surface area (Å²) >= 11 is 5.85. The third kappa shape index (κ3) is 3.91. The molecule has 0 aliphatic carbocycles. The minimum atomic E-state index is -0.345. The van der Waals surface area contributed by atoms with E-state index in [1.54, 1.807) is 18.3 Å². The predicted molar refractivity (Wildman–Crippen MR) is 88.9 cm³/mol. The van der Waals surface area contributed by atoms with Crippen LogP contribution in [-0.2, 0) is 11.4 Å². The first-order chi connectivity index (χ1) is 11.6. The van der Waals surface area contributed by atoms with Gasteiger partial charge in [-0.3, -0.25) is 0 Å². The Morgan fingerprint density at radius 1 is 1.17 bits per heavy atom. The number of nitrogens with two attached hydrogens (primary N) is 1. The summed E-state index contributed by atoms with van der Waals surface area (Å²) in [5.41, 5.74) is 7.17. The molecule has 0 atom stereocenters. The Bertz CT molecular complexity index is 845. The molecule has 0 saturated carbocycles. The molecule has 0 aliphatic rings. The minimum Gasteiger partial charge on any atom is -0.437 e. The maximum atomic E-state index is 12.8. The van der Waals surface area contributed by atoms with Crippen LogP contribution in [-0.4, -0.2) is 10.8 Å². The van der Waals surface area contributed by atoms with Crippen LogP contribution >= 0.6 is 11.6 Å². The second-order valence-electron chi connectivity index (χ2n) is 4.88. The number of benzene rings is 2. The van der Waals surface area contributed by atoms with E-state index in [0.717, 1.165) is 5.56 Å². The fraction of sp³-hybridized carbons (Fsp3) is 0.0588. The van der Waals surface area contributed by atoms with Crippen molar-refractivity contribution in [1.82, 2.24) is 4.98 Å². The largest absolute Gasteiger partial charge is 0.437 e. The molecule has 0 fully saturated rings. The number of hydrogen-bond acceptors (Lipinski definition) is 4. The molecule has 0 bridgehead atoms. The van der Waals surface area contributed by atoms with Crippen molar-refractivity contribution in [2.75, 3.05) is 0 Å². The van der Waals surface area contributed by atoms with E-state index in [-0.39, 0.29) is 18.3 Å². The first-order valence-electron chi connectivity index (χ1n) is 7.04. The summed E-state index contributed by atoms with van der Waals surface area (Å²) in [6, 6.07) is 12.8. The van der Waals surface area contributed by atoms with Gasteiger partial charge in [-0.15, -0.1) is 0 Å². The average Bonchev–Trinajstić information content (AvgIpc) is 3.05. The lowest BCUT2D eigenvalue weighted by molar-refractivity contribution is 0.111. The van der Waals surface area contributed by atoms with Gasteiger partial charge in [-0.1, -0.05) is 16.8 Å². The van der Waals surface area contributed by atoms with Crippen LogP contribution in [0.15, 0.2) is 64.3 Å². The van der Waals surface area contributed by atoms with Crippen molar-refractivity contribution in [1.29, 1.82) is 0 Å². The average molecular weight is 346 g/mol. The molecule has 122 valence electrons. The topological polar surface area (TPSA) is 73.6 Å². The van der Waals surface area contributed by atoms with E-state index in [1.165, 1.54) is 24.3 Å². The van der Waals surface area contributed by atoms with Crippen molar-refractivity contribution in [3.63, 3.8) is 0 Å². The lowest BCUT2D eigenvalue weighted by Gasteiger charge is -2.01. The zero-order valence-electron chi connectivity index (χ0n) is 12.4. The summed E-state index contributed by atoms with van der Waals surface area (Å²) < 4.78 is 18.4. The summed E-state index contributed by atoms with van der Waals surface area (Å²) in [5, 5.41) is 4.41. The zero-order chi connectivity index (χ0) is 16.9. The molecule has 0 spiro atoms. The number of oxime groups is 1. The van der Waals surface area contributed by atoms with Crippen LogP contribution in [0.3, 0.4) is 0 Å². The normalized spacial score (nSPS) is 11.5. The number of amidine groups is 1. The Hall–Kier alpha value is -2.86. The quantitative estimate of drug-likeness (QED) is 0.431. The van der Waals surface area contributed by atoms with E-state index in [1.807, 2.05) is 12.1 Å². The summed E-state index contributed by atoms with van der Waals surface area (Å²) in [7, 11) is 0. The van der Waals surface area contributed by atoms with Crippen molar-refractivity contribution >= 4 is 17.4 Å². The van der Waals surface area contributed by atoms with E-state index in [4.69, 9.17) is 26.6 Å². The van der Waals surface area contributed by atoms with Gasteiger partial charge in [-0.2, -0.15) is 0 Å². The van der Waals surface area contributed by atoms with Crippen LogP contribution < -0.4 is 5.73 Å². The van der Waals surface area contributed by atoms with Crippen molar-refractivity contribution in [2.24, 2.45) is 10.9 Å². The number of halogens is 2. The molecule has 7 heteroatoms. The lowest BCUT2D eigenvalue weighted by atomic mass is 10.2. The first-order valence-corrected chi connectivity index (χ1v) is 7.41. The van der Waals surface area contributed by atoms with E-state index in [0.29, 0.717) is 22.2 Å².